The molecule has 1 aromatic carbocycles. The smallest absolute Gasteiger partial charge is 0.122 e. The Hall–Kier alpha value is -1.46. The van der Waals surface area contributed by atoms with Gasteiger partial charge in [0.25, 0.3) is 0 Å². The molecule has 1 fully saturated rings. The Bertz CT molecular complexity index is 502. The molecule has 1 aliphatic carbocycles. The lowest BCUT2D eigenvalue weighted by molar-refractivity contribution is 0.0986. The molecule has 0 spiro atoms. The molecule has 0 bridgehead atoms. The van der Waals surface area contributed by atoms with E-state index in [0.717, 1.165) is 37.6 Å². The molecule has 0 saturated carbocycles. The number of rotatable bonds is 2. The largest absolute Gasteiger partial charge is 0.496 e. The number of piperidine rings is 1. The van der Waals surface area contributed by atoms with E-state index in [9.17, 15) is 0 Å². The van der Waals surface area contributed by atoms with E-state index in [1.165, 1.54) is 24.0 Å². The highest BCUT2D eigenvalue weighted by molar-refractivity contribution is 5.43. The predicted octanol–water partition coefficient (Wildman–Crippen LogP) is 2.51. The first-order valence-electron chi connectivity index (χ1n) is 7.15. The molecular weight excluding hydrogens is 234 g/mol. The molecule has 2 heteroatoms. The molecule has 0 unspecified atom stereocenters. The molecule has 19 heavy (non-hydrogen) atoms. The second kappa shape index (κ2) is 5.27. The van der Waals surface area contributed by atoms with Gasteiger partial charge in [-0.25, -0.2) is 0 Å². The van der Waals surface area contributed by atoms with Crippen molar-refractivity contribution in [2.24, 2.45) is 5.92 Å². The number of hydrogen-bond acceptors (Lipinski definition) is 2. The van der Waals surface area contributed by atoms with E-state index >= 15 is 0 Å². The Morgan fingerprint density at radius 1 is 1.42 bits per heavy atom. The summed E-state index contributed by atoms with van der Waals surface area (Å²) in [5.41, 5.74) is 2.87. The highest BCUT2D eigenvalue weighted by atomic mass is 16.5. The number of nitrogens with zero attached hydrogens (tertiary/aromatic N) is 1. The lowest BCUT2D eigenvalue weighted by Crippen LogP contribution is -2.49. The van der Waals surface area contributed by atoms with Crippen LogP contribution in [-0.2, 0) is 12.8 Å². The minimum absolute atomic E-state index is 0.629. The number of terminal acetylenes is 1. The van der Waals surface area contributed by atoms with Crippen molar-refractivity contribution in [1.29, 1.82) is 0 Å². The molecule has 0 aromatic heterocycles. The first-order valence-corrected chi connectivity index (χ1v) is 7.15. The molecule has 2 atom stereocenters. The zero-order valence-electron chi connectivity index (χ0n) is 11.6. The van der Waals surface area contributed by atoms with Crippen LogP contribution in [0.1, 0.15) is 24.0 Å². The molecule has 1 aliphatic heterocycles. The van der Waals surface area contributed by atoms with E-state index in [2.05, 4.69) is 29.0 Å². The van der Waals surface area contributed by atoms with Crippen molar-refractivity contribution >= 4 is 0 Å². The van der Waals surface area contributed by atoms with Gasteiger partial charge in [0.15, 0.2) is 0 Å². The third kappa shape index (κ3) is 2.24. The van der Waals surface area contributed by atoms with Gasteiger partial charge >= 0.3 is 0 Å². The van der Waals surface area contributed by atoms with Crippen LogP contribution in [0.15, 0.2) is 18.2 Å². The van der Waals surface area contributed by atoms with Crippen LogP contribution in [0.3, 0.4) is 0 Å². The Balaban J connectivity index is 1.91. The number of likely N-dealkylation sites (tertiary alicyclic amines) is 1. The van der Waals surface area contributed by atoms with Gasteiger partial charge in [-0.3, -0.25) is 4.90 Å². The Morgan fingerprint density at radius 3 is 3.11 bits per heavy atom. The fraction of sp³-hybridized carbons (Fsp3) is 0.529. The first-order chi connectivity index (χ1) is 9.33. The molecule has 1 aromatic rings. The highest BCUT2D eigenvalue weighted by Crippen LogP contribution is 2.38. The summed E-state index contributed by atoms with van der Waals surface area (Å²) in [5.74, 6) is 4.62. The van der Waals surface area contributed by atoms with Crippen LogP contribution in [0.5, 0.6) is 5.75 Å². The van der Waals surface area contributed by atoms with Gasteiger partial charge in [-0.15, -0.1) is 6.42 Å². The predicted molar refractivity (Wildman–Crippen MR) is 77.3 cm³/mol. The summed E-state index contributed by atoms with van der Waals surface area (Å²) in [6.45, 7) is 1.95. The summed E-state index contributed by atoms with van der Waals surface area (Å²) in [6, 6.07) is 7.06. The van der Waals surface area contributed by atoms with E-state index in [-0.39, 0.29) is 0 Å². The lowest BCUT2D eigenvalue weighted by Gasteiger charge is -2.44. The molecule has 100 valence electrons. The van der Waals surface area contributed by atoms with Gasteiger partial charge in [-0.2, -0.15) is 0 Å². The van der Waals surface area contributed by atoms with E-state index in [1.807, 2.05) is 0 Å². The second-order valence-electron chi connectivity index (χ2n) is 5.65. The maximum Gasteiger partial charge on any atom is 0.122 e. The molecule has 0 N–H and O–H groups in total. The number of methoxy groups -OCH3 is 1. The summed E-state index contributed by atoms with van der Waals surface area (Å²) in [5, 5.41) is 0. The van der Waals surface area contributed by atoms with Crippen LogP contribution in [0.2, 0.25) is 0 Å². The number of ether oxygens (including phenoxy) is 1. The molecular formula is C17H21NO. The first kappa shape index (κ1) is 12.6. The molecule has 1 heterocycles. The van der Waals surface area contributed by atoms with Crippen molar-refractivity contribution in [1.82, 2.24) is 4.90 Å². The second-order valence-corrected chi connectivity index (χ2v) is 5.65. The number of benzene rings is 1. The van der Waals surface area contributed by atoms with Crippen LogP contribution in [0.25, 0.3) is 0 Å². The van der Waals surface area contributed by atoms with Gasteiger partial charge in [0.1, 0.15) is 5.75 Å². The van der Waals surface area contributed by atoms with Crippen LogP contribution in [0, 0.1) is 18.3 Å². The van der Waals surface area contributed by atoms with Gasteiger partial charge < -0.3 is 4.74 Å². The van der Waals surface area contributed by atoms with Crippen molar-refractivity contribution < 1.29 is 4.74 Å². The number of fused-ring (bicyclic) bond motifs is 2. The zero-order chi connectivity index (χ0) is 13.2. The van der Waals surface area contributed by atoms with E-state index in [4.69, 9.17) is 11.2 Å². The average molecular weight is 255 g/mol. The summed E-state index contributed by atoms with van der Waals surface area (Å²) in [4.78, 5) is 2.50. The molecule has 0 amide bonds. The molecule has 0 radical (unpaired) electrons. The third-order valence-electron chi connectivity index (χ3n) is 4.67. The maximum atomic E-state index is 5.52. The summed E-state index contributed by atoms with van der Waals surface area (Å²) in [7, 11) is 1.77. The van der Waals surface area contributed by atoms with Crippen molar-refractivity contribution in [2.45, 2.75) is 31.7 Å². The SMILES string of the molecule is C#CCN1CCC[C@H]2Cc3c(cccc3OC)C[C@@H]21. The Kier molecular flexibility index (Phi) is 3.48. The van der Waals surface area contributed by atoms with Gasteiger partial charge in [0.2, 0.25) is 0 Å². The van der Waals surface area contributed by atoms with E-state index in [0.29, 0.717) is 6.04 Å². The lowest BCUT2D eigenvalue weighted by atomic mass is 9.75. The topological polar surface area (TPSA) is 12.5 Å². The average Bonchev–Trinajstić information content (AvgIpc) is 2.45. The maximum absolute atomic E-state index is 5.52. The summed E-state index contributed by atoms with van der Waals surface area (Å²) < 4.78 is 5.52. The third-order valence-corrected chi connectivity index (χ3v) is 4.67. The van der Waals surface area contributed by atoms with E-state index in [1.54, 1.807) is 7.11 Å². The van der Waals surface area contributed by atoms with Crippen molar-refractivity contribution in [2.75, 3.05) is 20.2 Å². The van der Waals surface area contributed by atoms with Gasteiger partial charge in [0, 0.05) is 6.04 Å². The minimum Gasteiger partial charge on any atom is -0.496 e. The van der Waals surface area contributed by atoms with Crippen LogP contribution < -0.4 is 4.74 Å². The summed E-state index contributed by atoms with van der Waals surface area (Å²) in [6.07, 6.45) is 10.4. The van der Waals surface area contributed by atoms with Crippen molar-refractivity contribution in [3.05, 3.63) is 29.3 Å². The summed E-state index contributed by atoms with van der Waals surface area (Å²) >= 11 is 0. The molecule has 1 saturated heterocycles. The Labute approximate surface area is 115 Å². The van der Waals surface area contributed by atoms with Crippen molar-refractivity contribution in [3.63, 3.8) is 0 Å². The number of hydrogen-bond donors (Lipinski definition) is 0. The normalized spacial score (nSPS) is 26.1. The Morgan fingerprint density at radius 2 is 2.32 bits per heavy atom. The van der Waals surface area contributed by atoms with Crippen LogP contribution in [-0.4, -0.2) is 31.1 Å². The molecule has 2 aliphatic rings. The fourth-order valence-corrected chi connectivity index (χ4v) is 3.77. The fourth-order valence-electron chi connectivity index (χ4n) is 3.77. The zero-order valence-corrected chi connectivity index (χ0v) is 11.6. The minimum atomic E-state index is 0.629. The molecule has 3 rings (SSSR count). The van der Waals surface area contributed by atoms with Crippen LogP contribution in [0.4, 0.5) is 0 Å². The molecule has 2 nitrogen and oxygen atoms in total. The highest BCUT2D eigenvalue weighted by Gasteiger charge is 2.35. The van der Waals surface area contributed by atoms with E-state index < -0.39 is 0 Å². The van der Waals surface area contributed by atoms with Crippen molar-refractivity contribution in [3.8, 4) is 18.1 Å². The van der Waals surface area contributed by atoms with Gasteiger partial charge in [-0.05, 0) is 55.3 Å². The monoisotopic (exact) mass is 255 g/mol. The van der Waals surface area contributed by atoms with Gasteiger partial charge in [0.05, 0.1) is 13.7 Å². The van der Waals surface area contributed by atoms with Crippen LogP contribution >= 0.6 is 0 Å². The quantitative estimate of drug-likeness (QED) is 0.753. The standard InChI is InChI=1S/C17H21NO/c1-3-9-18-10-5-7-14-11-15-13(12-16(14)18)6-4-8-17(15)19-2/h1,4,6,8,14,16H,5,7,9-12H2,2H3/t14-,16-/m0/s1. The van der Waals surface area contributed by atoms with Gasteiger partial charge in [-0.1, -0.05) is 18.1 Å².